The highest BCUT2D eigenvalue weighted by Gasteiger charge is 2.23. The van der Waals surface area contributed by atoms with Crippen molar-refractivity contribution in [1.82, 2.24) is 15.0 Å². The van der Waals surface area contributed by atoms with Gasteiger partial charge in [0.25, 0.3) is 0 Å². The summed E-state index contributed by atoms with van der Waals surface area (Å²) in [5, 5.41) is 4.03. The molecule has 8 heteroatoms. The molecule has 2 aromatic heterocycles. The van der Waals surface area contributed by atoms with Crippen LogP contribution in [0.15, 0.2) is 54.9 Å². The zero-order chi connectivity index (χ0) is 21.9. The molecule has 0 aliphatic carbocycles. The number of thiazole rings is 1. The zero-order valence-corrected chi connectivity index (χ0v) is 18.8. The summed E-state index contributed by atoms with van der Waals surface area (Å²) in [5.74, 6) is 2.89. The zero-order valence-electron chi connectivity index (χ0n) is 18.0. The van der Waals surface area contributed by atoms with Crippen molar-refractivity contribution in [2.75, 3.05) is 36.1 Å². The Bertz CT molecular complexity index is 1200. The molecule has 3 N–H and O–H groups in total. The van der Waals surface area contributed by atoms with Gasteiger partial charge in [0.15, 0.2) is 16.8 Å². The standard InChI is InChI=1S/C24H26N6OS/c1-31-18-7-8-19-20(14-18)32-24(28-19)29-22-21(25)23(27-15-26-22)30-11-9-17(10-12-30)13-16-5-3-2-4-6-16/h2-8,14-15,17H,9-13,25H2,1H3,(H,26,27,28,29). The van der Waals surface area contributed by atoms with E-state index in [1.54, 1.807) is 24.8 Å². The van der Waals surface area contributed by atoms with E-state index in [1.165, 1.54) is 5.56 Å². The molecule has 1 aliphatic heterocycles. The first kappa shape index (κ1) is 20.5. The van der Waals surface area contributed by atoms with Crippen molar-refractivity contribution in [2.24, 2.45) is 5.92 Å². The lowest BCUT2D eigenvalue weighted by Crippen LogP contribution is -2.35. The minimum Gasteiger partial charge on any atom is -0.497 e. The van der Waals surface area contributed by atoms with Crippen molar-refractivity contribution in [3.8, 4) is 5.75 Å². The number of benzene rings is 2. The molecule has 0 radical (unpaired) electrons. The quantitative estimate of drug-likeness (QED) is 0.436. The number of hydrogen-bond acceptors (Lipinski definition) is 8. The smallest absolute Gasteiger partial charge is 0.189 e. The first-order valence-corrected chi connectivity index (χ1v) is 11.6. The second kappa shape index (κ2) is 9.00. The molecule has 0 atom stereocenters. The topological polar surface area (TPSA) is 89.2 Å². The molecule has 7 nitrogen and oxygen atoms in total. The summed E-state index contributed by atoms with van der Waals surface area (Å²) < 4.78 is 6.35. The number of rotatable bonds is 6. The second-order valence-electron chi connectivity index (χ2n) is 8.06. The third-order valence-electron chi connectivity index (χ3n) is 5.97. The second-order valence-corrected chi connectivity index (χ2v) is 9.09. The van der Waals surface area contributed by atoms with E-state index in [2.05, 4.69) is 55.5 Å². The number of nitrogens with two attached hydrogens (primary N) is 1. The van der Waals surface area contributed by atoms with E-state index in [1.807, 2.05) is 18.2 Å². The highest BCUT2D eigenvalue weighted by Crippen LogP contribution is 2.35. The SMILES string of the molecule is COc1ccc2nc(Nc3ncnc(N4CCC(Cc5ccccc5)CC4)c3N)sc2c1. The van der Waals surface area contributed by atoms with Crippen LogP contribution in [0.25, 0.3) is 10.2 Å². The molecular weight excluding hydrogens is 420 g/mol. The van der Waals surface area contributed by atoms with Gasteiger partial charge in [-0.2, -0.15) is 0 Å². The maximum atomic E-state index is 6.49. The molecule has 1 aliphatic rings. The Morgan fingerprint density at radius 1 is 1.12 bits per heavy atom. The minimum atomic E-state index is 0.561. The number of methoxy groups -OCH3 is 1. The maximum absolute atomic E-state index is 6.49. The molecule has 164 valence electrons. The lowest BCUT2D eigenvalue weighted by molar-refractivity contribution is 0.402. The van der Waals surface area contributed by atoms with Gasteiger partial charge in [0.05, 0.1) is 17.3 Å². The number of piperidine rings is 1. The van der Waals surface area contributed by atoms with Gasteiger partial charge in [-0.1, -0.05) is 41.7 Å². The number of nitrogens with one attached hydrogen (secondary N) is 1. The molecule has 0 bridgehead atoms. The fourth-order valence-corrected chi connectivity index (χ4v) is 5.11. The third-order valence-corrected chi connectivity index (χ3v) is 6.90. The Labute approximate surface area is 191 Å². The summed E-state index contributed by atoms with van der Waals surface area (Å²) >= 11 is 1.54. The van der Waals surface area contributed by atoms with Gasteiger partial charge in [-0.3, -0.25) is 0 Å². The number of hydrogen-bond donors (Lipinski definition) is 2. The van der Waals surface area contributed by atoms with Gasteiger partial charge in [-0.25, -0.2) is 15.0 Å². The number of aromatic nitrogens is 3. The number of nitrogens with zero attached hydrogens (tertiary/aromatic N) is 4. The van der Waals surface area contributed by atoms with E-state index in [4.69, 9.17) is 10.5 Å². The predicted molar refractivity (Wildman–Crippen MR) is 131 cm³/mol. The Balaban J connectivity index is 1.28. The summed E-state index contributed by atoms with van der Waals surface area (Å²) in [5.41, 5.74) is 9.37. The van der Waals surface area contributed by atoms with Crippen LogP contribution in [-0.2, 0) is 6.42 Å². The van der Waals surface area contributed by atoms with Gasteiger partial charge in [-0.15, -0.1) is 0 Å². The molecule has 0 saturated carbocycles. The van der Waals surface area contributed by atoms with E-state index in [-0.39, 0.29) is 0 Å². The minimum absolute atomic E-state index is 0.561. The van der Waals surface area contributed by atoms with Crippen LogP contribution in [0.3, 0.4) is 0 Å². The van der Waals surface area contributed by atoms with Gasteiger partial charge in [-0.05, 0) is 48.9 Å². The number of ether oxygens (including phenoxy) is 1. The molecule has 5 rings (SSSR count). The lowest BCUT2D eigenvalue weighted by atomic mass is 9.90. The average molecular weight is 447 g/mol. The van der Waals surface area contributed by atoms with Crippen molar-refractivity contribution >= 4 is 44.0 Å². The van der Waals surface area contributed by atoms with E-state index in [0.717, 1.165) is 59.3 Å². The number of fused-ring (bicyclic) bond motifs is 1. The molecule has 1 saturated heterocycles. The van der Waals surface area contributed by atoms with Gasteiger partial charge in [0, 0.05) is 13.1 Å². The Morgan fingerprint density at radius 3 is 2.72 bits per heavy atom. The normalized spacial score (nSPS) is 14.6. The van der Waals surface area contributed by atoms with Crippen LogP contribution in [0.5, 0.6) is 5.75 Å². The molecule has 0 amide bonds. The monoisotopic (exact) mass is 446 g/mol. The Kier molecular flexibility index (Phi) is 5.77. The van der Waals surface area contributed by atoms with E-state index >= 15 is 0 Å². The van der Waals surface area contributed by atoms with Gasteiger partial charge >= 0.3 is 0 Å². The molecule has 32 heavy (non-hydrogen) atoms. The Morgan fingerprint density at radius 2 is 1.94 bits per heavy atom. The molecule has 0 spiro atoms. The van der Waals surface area contributed by atoms with Gasteiger partial charge in [0.1, 0.15) is 17.8 Å². The maximum Gasteiger partial charge on any atom is 0.189 e. The molecule has 4 aromatic rings. The van der Waals surface area contributed by atoms with Crippen molar-refractivity contribution in [2.45, 2.75) is 19.3 Å². The van der Waals surface area contributed by atoms with Crippen LogP contribution in [0, 0.1) is 5.92 Å². The van der Waals surface area contributed by atoms with E-state index in [9.17, 15) is 0 Å². The van der Waals surface area contributed by atoms with Crippen LogP contribution in [0.4, 0.5) is 22.5 Å². The molecule has 2 aromatic carbocycles. The molecule has 1 fully saturated rings. The predicted octanol–water partition coefficient (Wildman–Crippen LogP) is 4.88. The van der Waals surface area contributed by atoms with E-state index < -0.39 is 0 Å². The fraction of sp³-hybridized carbons (Fsp3) is 0.292. The van der Waals surface area contributed by atoms with Crippen LogP contribution < -0.4 is 20.7 Å². The molecule has 3 heterocycles. The number of nitrogen functional groups attached to an aromatic ring is 1. The van der Waals surface area contributed by atoms with E-state index in [0.29, 0.717) is 17.4 Å². The van der Waals surface area contributed by atoms with Gasteiger partial charge in [0.2, 0.25) is 0 Å². The Hall–Kier alpha value is -3.39. The number of anilines is 4. The van der Waals surface area contributed by atoms with Crippen molar-refractivity contribution in [3.63, 3.8) is 0 Å². The largest absolute Gasteiger partial charge is 0.497 e. The molecule has 0 unspecified atom stereocenters. The summed E-state index contributed by atoms with van der Waals surface area (Å²) in [6, 6.07) is 16.6. The summed E-state index contributed by atoms with van der Waals surface area (Å²) in [7, 11) is 1.66. The summed E-state index contributed by atoms with van der Waals surface area (Å²) in [4.78, 5) is 15.8. The van der Waals surface area contributed by atoms with Crippen molar-refractivity contribution in [1.29, 1.82) is 0 Å². The van der Waals surface area contributed by atoms with Crippen LogP contribution in [0.1, 0.15) is 18.4 Å². The molecular formula is C24H26N6OS. The first-order chi connectivity index (χ1) is 15.7. The van der Waals surface area contributed by atoms with Crippen molar-refractivity contribution < 1.29 is 4.74 Å². The van der Waals surface area contributed by atoms with Crippen molar-refractivity contribution in [3.05, 3.63) is 60.4 Å². The van der Waals surface area contributed by atoms with Crippen LogP contribution in [-0.4, -0.2) is 35.2 Å². The lowest BCUT2D eigenvalue weighted by Gasteiger charge is -2.33. The van der Waals surface area contributed by atoms with Crippen LogP contribution >= 0.6 is 11.3 Å². The summed E-state index contributed by atoms with van der Waals surface area (Å²) in [6.07, 6.45) is 4.95. The average Bonchev–Trinajstić information content (AvgIpc) is 3.23. The fourth-order valence-electron chi connectivity index (χ4n) is 4.22. The highest BCUT2D eigenvalue weighted by atomic mass is 32.1. The summed E-state index contributed by atoms with van der Waals surface area (Å²) in [6.45, 7) is 1.89. The highest BCUT2D eigenvalue weighted by molar-refractivity contribution is 7.22. The third kappa shape index (κ3) is 4.31. The van der Waals surface area contributed by atoms with Crippen LogP contribution in [0.2, 0.25) is 0 Å². The first-order valence-electron chi connectivity index (χ1n) is 10.8. The van der Waals surface area contributed by atoms with Gasteiger partial charge < -0.3 is 20.7 Å².